The Balaban J connectivity index is 2.47. The van der Waals surface area contributed by atoms with E-state index in [0.29, 0.717) is 12.8 Å². The number of hydrogen-bond acceptors (Lipinski definition) is 11. The Morgan fingerprint density at radius 1 is 0.567 bits per heavy atom. The Hall–Kier alpha value is -2.39. The van der Waals surface area contributed by atoms with Gasteiger partial charge in [-0.05, 0) is 77.0 Å². The summed E-state index contributed by atoms with van der Waals surface area (Å²) in [7, 11) is -4.61. The molecule has 1 aliphatic rings. The highest BCUT2D eigenvalue weighted by Gasteiger charge is 2.46. The van der Waals surface area contributed by atoms with Crippen molar-refractivity contribution in [1.29, 1.82) is 0 Å². The molecular weight excluding hydrogens is 789 g/mol. The lowest BCUT2D eigenvalue weighted by atomic mass is 10.00. The maximum Gasteiger partial charge on any atom is 0.306 e. The van der Waals surface area contributed by atoms with Crippen molar-refractivity contribution in [2.45, 2.75) is 218 Å². The van der Waals surface area contributed by atoms with E-state index in [4.69, 9.17) is 18.9 Å². The molecule has 1 fully saturated rings. The van der Waals surface area contributed by atoms with E-state index >= 15 is 0 Å². The fourth-order valence-corrected chi connectivity index (χ4v) is 7.43. The van der Waals surface area contributed by atoms with Crippen molar-refractivity contribution in [3.8, 4) is 0 Å². The van der Waals surface area contributed by atoms with Crippen molar-refractivity contribution in [1.82, 2.24) is 0 Å². The van der Waals surface area contributed by atoms with E-state index in [1.54, 1.807) is 0 Å². The first-order valence-electron chi connectivity index (χ1n) is 23.2. The molecule has 12 nitrogen and oxygen atoms in total. The average molecular weight is 871 g/mol. The number of aliphatic hydroxyl groups is 3. The SMILES string of the molecule is CCCCC/C=C/C/C=C/CCCCCCCCCC(=O)O[C@H](COC(=O)CCCC/C=C/C/C=C/CCCCCCCC)CO[C@H]1O[C@H](CS(=O)(=O)O)[C@@H](O)C(O)C1O. The first-order chi connectivity index (χ1) is 29.0. The van der Waals surface area contributed by atoms with E-state index < -0.39 is 71.2 Å². The number of rotatable bonds is 38. The molecule has 348 valence electrons. The lowest BCUT2D eigenvalue weighted by Crippen LogP contribution is -2.60. The quantitative estimate of drug-likeness (QED) is 0.0200. The molecule has 1 aliphatic heterocycles. The highest BCUT2D eigenvalue weighted by molar-refractivity contribution is 7.85. The van der Waals surface area contributed by atoms with Gasteiger partial charge in [-0.2, -0.15) is 8.42 Å². The van der Waals surface area contributed by atoms with E-state index in [1.807, 2.05) is 0 Å². The van der Waals surface area contributed by atoms with Crippen molar-refractivity contribution in [3.63, 3.8) is 0 Å². The molecule has 6 atom stereocenters. The summed E-state index contributed by atoms with van der Waals surface area (Å²) < 4.78 is 54.0. The minimum absolute atomic E-state index is 0.147. The second-order valence-electron chi connectivity index (χ2n) is 16.1. The monoisotopic (exact) mass is 871 g/mol. The lowest BCUT2D eigenvalue weighted by Gasteiger charge is -2.40. The number of esters is 2. The standard InChI is InChI=1S/C47H82O12S/c1-3-5-7-9-11-13-15-17-19-20-22-24-26-28-30-32-34-36-43(49)58-40(38-57-47-46(52)45(51)44(50)41(59-47)39-60(53,54)55)37-56-42(48)35-33-31-29-27-25-23-21-18-16-14-12-10-8-6-4-2/h11,13,17-19,21,25,27,40-41,44-47,50-52H,3-10,12,14-16,20,22-24,26,28-39H2,1-2H3,(H,53,54,55)/b13-11+,19-17+,21-18+,27-25+/t40-,41-,44-,45?,46?,47+/m1/s1. The molecule has 13 heteroatoms. The van der Waals surface area contributed by atoms with Crippen LogP contribution in [-0.2, 0) is 38.7 Å². The molecule has 4 N–H and O–H groups in total. The topological polar surface area (TPSA) is 186 Å². The minimum Gasteiger partial charge on any atom is -0.462 e. The number of carbonyl (C=O) groups excluding carboxylic acids is 2. The van der Waals surface area contributed by atoms with Crippen LogP contribution in [0.2, 0.25) is 0 Å². The summed E-state index contributed by atoms with van der Waals surface area (Å²) in [5, 5.41) is 30.9. The van der Waals surface area contributed by atoms with Gasteiger partial charge in [0.05, 0.1) is 6.61 Å². The number of carbonyl (C=O) groups is 2. The van der Waals surface area contributed by atoms with Crippen LogP contribution in [0.4, 0.5) is 0 Å². The van der Waals surface area contributed by atoms with Crippen LogP contribution in [0, 0.1) is 0 Å². The third-order valence-corrected chi connectivity index (χ3v) is 11.1. The van der Waals surface area contributed by atoms with Gasteiger partial charge in [-0.15, -0.1) is 0 Å². The Bertz CT molecular complexity index is 1300. The van der Waals surface area contributed by atoms with Crippen LogP contribution >= 0.6 is 0 Å². The largest absolute Gasteiger partial charge is 0.462 e. The molecule has 0 aromatic heterocycles. The first kappa shape index (κ1) is 55.6. The third kappa shape index (κ3) is 31.5. The summed E-state index contributed by atoms with van der Waals surface area (Å²) in [5.41, 5.74) is 0. The number of unbranched alkanes of at least 4 members (excludes halogenated alkanes) is 18. The average Bonchev–Trinajstić information content (AvgIpc) is 3.21. The Labute approximate surface area is 363 Å². The van der Waals surface area contributed by atoms with Crippen LogP contribution in [0.5, 0.6) is 0 Å². The Kier molecular flexibility index (Phi) is 34.5. The maximum absolute atomic E-state index is 12.8. The highest BCUT2D eigenvalue weighted by atomic mass is 32.2. The van der Waals surface area contributed by atoms with Gasteiger partial charge in [0.2, 0.25) is 0 Å². The van der Waals surface area contributed by atoms with Crippen molar-refractivity contribution < 1.29 is 56.8 Å². The first-order valence-corrected chi connectivity index (χ1v) is 24.8. The molecule has 0 spiro atoms. The number of allylic oxidation sites excluding steroid dienone is 8. The van der Waals surface area contributed by atoms with Gasteiger partial charge in [0.1, 0.15) is 36.8 Å². The summed E-state index contributed by atoms with van der Waals surface area (Å²) in [6.45, 7) is 3.69. The van der Waals surface area contributed by atoms with Crippen molar-refractivity contribution in [3.05, 3.63) is 48.6 Å². The van der Waals surface area contributed by atoms with E-state index in [9.17, 15) is 37.9 Å². The van der Waals surface area contributed by atoms with Gasteiger partial charge >= 0.3 is 11.9 Å². The van der Waals surface area contributed by atoms with Gasteiger partial charge in [-0.25, -0.2) is 0 Å². The van der Waals surface area contributed by atoms with Crippen LogP contribution in [0.1, 0.15) is 181 Å². The highest BCUT2D eigenvalue weighted by Crippen LogP contribution is 2.24. The molecule has 0 aromatic rings. The summed E-state index contributed by atoms with van der Waals surface area (Å²) in [4.78, 5) is 25.4. The van der Waals surface area contributed by atoms with E-state index in [2.05, 4.69) is 62.5 Å². The van der Waals surface area contributed by atoms with Crippen molar-refractivity contribution in [2.24, 2.45) is 0 Å². The zero-order valence-corrected chi connectivity index (χ0v) is 37.9. The molecule has 2 unspecified atom stereocenters. The Morgan fingerprint density at radius 2 is 1.00 bits per heavy atom. The van der Waals surface area contributed by atoms with Gasteiger partial charge in [0, 0.05) is 12.8 Å². The fraction of sp³-hybridized carbons (Fsp3) is 0.787. The summed E-state index contributed by atoms with van der Waals surface area (Å²) in [5.74, 6) is -2.04. The lowest BCUT2D eigenvalue weighted by molar-refractivity contribution is -0.297. The summed E-state index contributed by atoms with van der Waals surface area (Å²) in [6.07, 6.45) is 34.4. The van der Waals surface area contributed by atoms with Crippen LogP contribution in [0.15, 0.2) is 48.6 Å². The smallest absolute Gasteiger partial charge is 0.306 e. The number of aliphatic hydroxyl groups excluding tert-OH is 3. The molecule has 0 saturated carbocycles. The third-order valence-electron chi connectivity index (χ3n) is 10.4. The fourth-order valence-electron chi connectivity index (χ4n) is 6.74. The van der Waals surface area contributed by atoms with E-state index in [0.717, 1.165) is 70.6 Å². The predicted octanol–water partition coefficient (Wildman–Crippen LogP) is 9.56. The minimum atomic E-state index is -4.61. The molecule has 0 aliphatic carbocycles. The summed E-state index contributed by atoms with van der Waals surface area (Å²) >= 11 is 0. The zero-order valence-electron chi connectivity index (χ0n) is 37.1. The molecule has 1 rings (SSSR count). The van der Waals surface area contributed by atoms with Gasteiger partial charge in [0.15, 0.2) is 12.4 Å². The predicted molar refractivity (Wildman–Crippen MR) is 238 cm³/mol. The number of hydrogen-bond donors (Lipinski definition) is 4. The van der Waals surface area contributed by atoms with Crippen LogP contribution in [0.3, 0.4) is 0 Å². The molecule has 0 radical (unpaired) electrons. The van der Waals surface area contributed by atoms with Crippen LogP contribution in [-0.4, -0.2) is 96.0 Å². The molecular formula is C47H82O12S. The van der Waals surface area contributed by atoms with Crippen molar-refractivity contribution >= 4 is 22.1 Å². The van der Waals surface area contributed by atoms with Crippen LogP contribution < -0.4 is 0 Å². The normalized spacial score (nSPS) is 20.5. The molecule has 0 amide bonds. The zero-order chi connectivity index (χ0) is 44.1. The van der Waals surface area contributed by atoms with Gasteiger partial charge in [-0.1, -0.05) is 140 Å². The van der Waals surface area contributed by atoms with Gasteiger partial charge in [-0.3, -0.25) is 14.1 Å². The van der Waals surface area contributed by atoms with Gasteiger partial charge in [0.25, 0.3) is 10.1 Å². The van der Waals surface area contributed by atoms with Crippen LogP contribution in [0.25, 0.3) is 0 Å². The second-order valence-corrected chi connectivity index (χ2v) is 17.6. The Morgan fingerprint density at radius 3 is 1.53 bits per heavy atom. The van der Waals surface area contributed by atoms with Gasteiger partial charge < -0.3 is 34.3 Å². The molecule has 0 bridgehead atoms. The molecule has 1 heterocycles. The van der Waals surface area contributed by atoms with E-state index in [1.165, 1.54) is 70.6 Å². The number of ether oxygens (including phenoxy) is 4. The second kappa shape index (κ2) is 37.2. The maximum atomic E-state index is 12.8. The molecule has 0 aromatic carbocycles. The molecule has 60 heavy (non-hydrogen) atoms. The van der Waals surface area contributed by atoms with E-state index in [-0.39, 0.29) is 19.4 Å². The molecule has 1 saturated heterocycles. The summed E-state index contributed by atoms with van der Waals surface area (Å²) in [6, 6.07) is 0. The van der Waals surface area contributed by atoms with Crippen molar-refractivity contribution in [2.75, 3.05) is 19.0 Å².